The fourth-order valence-corrected chi connectivity index (χ4v) is 1.18. The average Bonchev–Trinajstić information content (AvgIpc) is 2.19. The molecule has 0 saturated heterocycles. The molecule has 0 fully saturated rings. The highest BCUT2D eigenvalue weighted by molar-refractivity contribution is 5.56. The van der Waals surface area contributed by atoms with E-state index >= 15 is 0 Å². The first-order chi connectivity index (χ1) is 6.36. The van der Waals surface area contributed by atoms with Gasteiger partial charge in [0.25, 0.3) is 0 Å². The largest absolute Gasteiger partial charge is 0.193 e. The zero-order chi connectivity index (χ0) is 9.52. The predicted molar refractivity (Wildman–Crippen MR) is 54.9 cm³/mol. The normalized spacial score (nSPS) is 10.9. The monoisotopic (exact) mass is 171 g/mol. The summed E-state index contributed by atoms with van der Waals surface area (Å²) in [6.07, 6.45) is 3.83. The summed E-state index contributed by atoms with van der Waals surface area (Å²) in [6.45, 7) is 2.08. The molecule has 1 heteroatoms. The number of hydrogen-bond acceptors (Lipinski definition) is 1. The van der Waals surface area contributed by atoms with Crippen molar-refractivity contribution >= 4 is 6.08 Å². The van der Waals surface area contributed by atoms with Crippen LogP contribution in [0.3, 0.4) is 0 Å². The molecule has 1 nitrogen and oxygen atoms in total. The average molecular weight is 171 g/mol. The number of benzene rings is 1. The van der Waals surface area contributed by atoms with Crippen LogP contribution in [0, 0.1) is 11.3 Å². The van der Waals surface area contributed by atoms with Crippen molar-refractivity contribution in [3.05, 3.63) is 41.5 Å². The lowest BCUT2D eigenvalue weighted by atomic mass is 10.1. The summed E-state index contributed by atoms with van der Waals surface area (Å²) in [6, 6.07) is 12.2. The summed E-state index contributed by atoms with van der Waals surface area (Å²) >= 11 is 0. The Kier molecular flexibility index (Phi) is 3.78. The molecule has 0 aliphatic rings. The number of nitriles is 1. The summed E-state index contributed by atoms with van der Waals surface area (Å²) < 4.78 is 0. The molecular formula is C12H13N. The topological polar surface area (TPSA) is 23.8 Å². The van der Waals surface area contributed by atoms with Crippen molar-refractivity contribution < 1.29 is 0 Å². The Bertz CT molecular complexity index is 317. The van der Waals surface area contributed by atoms with E-state index in [1.807, 2.05) is 36.4 Å². The number of rotatable bonds is 3. The molecule has 1 rings (SSSR count). The molecule has 0 atom stereocenters. The Hall–Kier alpha value is -1.55. The van der Waals surface area contributed by atoms with Crippen molar-refractivity contribution in [2.45, 2.75) is 19.8 Å². The molecule has 0 unspecified atom stereocenters. The van der Waals surface area contributed by atoms with Gasteiger partial charge in [-0.15, -0.1) is 0 Å². The van der Waals surface area contributed by atoms with Gasteiger partial charge in [0.1, 0.15) is 0 Å². The van der Waals surface area contributed by atoms with Gasteiger partial charge < -0.3 is 0 Å². The molecule has 66 valence electrons. The van der Waals surface area contributed by atoms with Gasteiger partial charge in [-0.2, -0.15) is 5.26 Å². The second-order valence-corrected chi connectivity index (χ2v) is 2.94. The molecule has 0 amide bonds. The van der Waals surface area contributed by atoms with Crippen LogP contribution in [0.2, 0.25) is 0 Å². The van der Waals surface area contributed by atoms with Crippen LogP contribution < -0.4 is 0 Å². The van der Waals surface area contributed by atoms with Gasteiger partial charge in [-0.25, -0.2) is 0 Å². The predicted octanol–water partition coefficient (Wildman–Crippen LogP) is 3.39. The van der Waals surface area contributed by atoms with Crippen LogP contribution in [0.25, 0.3) is 6.08 Å². The first-order valence-corrected chi connectivity index (χ1v) is 4.52. The van der Waals surface area contributed by atoms with Crippen molar-refractivity contribution in [1.82, 2.24) is 0 Å². The molecule has 0 heterocycles. The standard InChI is InChI=1S/C12H13N/c1-2-6-12(10-13)9-11-7-4-3-5-8-11/h3-5,7-9H,2,6H2,1H3/b12-9+. The van der Waals surface area contributed by atoms with E-state index in [1.54, 1.807) is 0 Å². The van der Waals surface area contributed by atoms with Crippen LogP contribution in [0.1, 0.15) is 25.3 Å². The third kappa shape index (κ3) is 3.13. The molecule has 0 aliphatic carbocycles. The van der Waals surface area contributed by atoms with Gasteiger partial charge in [-0.1, -0.05) is 43.7 Å². The van der Waals surface area contributed by atoms with Crippen LogP contribution in [0.15, 0.2) is 35.9 Å². The minimum absolute atomic E-state index is 0.855. The number of allylic oxidation sites excluding steroid dienone is 1. The first-order valence-electron chi connectivity index (χ1n) is 4.52. The highest BCUT2D eigenvalue weighted by Gasteiger charge is 1.93. The summed E-state index contributed by atoms with van der Waals surface area (Å²) in [5.74, 6) is 0. The van der Waals surface area contributed by atoms with E-state index in [9.17, 15) is 0 Å². The lowest BCUT2D eigenvalue weighted by molar-refractivity contribution is 0.934. The number of hydrogen-bond donors (Lipinski definition) is 0. The Labute approximate surface area is 79.3 Å². The molecule has 1 aromatic carbocycles. The van der Waals surface area contributed by atoms with E-state index in [-0.39, 0.29) is 0 Å². The van der Waals surface area contributed by atoms with Gasteiger partial charge >= 0.3 is 0 Å². The van der Waals surface area contributed by atoms with E-state index in [4.69, 9.17) is 5.26 Å². The van der Waals surface area contributed by atoms with Crippen LogP contribution in [-0.2, 0) is 0 Å². The fraction of sp³-hybridized carbons (Fsp3) is 0.250. The molecule has 0 bridgehead atoms. The summed E-state index contributed by atoms with van der Waals surface area (Å²) in [4.78, 5) is 0. The molecule has 0 spiro atoms. The van der Waals surface area contributed by atoms with Crippen molar-refractivity contribution in [2.24, 2.45) is 0 Å². The molecule has 1 aromatic rings. The van der Waals surface area contributed by atoms with Crippen LogP contribution in [0.4, 0.5) is 0 Å². The third-order valence-corrected chi connectivity index (χ3v) is 1.80. The van der Waals surface area contributed by atoms with E-state index in [2.05, 4.69) is 13.0 Å². The second-order valence-electron chi connectivity index (χ2n) is 2.94. The van der Waals surface area contributed by atoms with Gasteiger partial charge in [0.05, 0.1) is 6.07 Å². The minimum atomic E-state index is 0.855. The van der Waals surface area contributed by atoms with Crippen LogP contribution in [0.5, 0.6) is 0 Å². The molecule has 0 saturated carbocycles. The summed E-state index contributed by atoms with van der Waals surface area (Å²) in [5.41, 5.74) is 1.96. The lowest BCUT2D eigenvalue weighted by Crippen LogP contribution is -1.78. The van der Waals surface area contributed by atoms with Gasteiger partial charge in [-0.3, -0.25) is 0 Å². The minimum Gasteiger partial charge on any atom is -0.193 e. The molecule has 0 aliphatic heterocycles. The Balaban J connectivity index is 2.81. The Morgan fingerprint density at radius 1 is 1.38 bits per heavy atom. The number of nitrogens with zero attached hydrogens (tertiary/aromatic N) is 1. The maximum atomic E-state index is 8.80. The Morgan fingerprint density at radius 3 is 2.62 bits per heavy atom. The SMILES string of the molecule is CCC/C(C#N)=C\c1ccccc1. The van der Waals surface area contributed by atoms with Crippen molar-refractivity contribution in [3.63, 3.8) is 0 Å². The van der Waals surface area contributed by atoms with Crippen LogP contribution >= 0.6 is 0 Å². The fourth-order valence-electron chi connectivity index (χ4n) is 1.18. The van der Waals surface area contributed by atoms with E-state index < -0.39 is 0 Å². The first kappa shape index (κ1) is 9.54. The van der Waals surface area contributed by atoms with E-state index in [0.29, 0.717) is 0 Å². The Morgan fingerprint density at radius 2 is 2.08 bits per heavy atom. The molecule has 0 N–H and O–H groups in total. The van der Waals surface area contributed by atoms with Gasteiger partial charge in [0, 0.05) is 5.57 Å². The van der Waals surface area contributed by atoms with Gasteiger partial charge in [-0.05, 0) is 18.1 Å². The quantitative estimate of drug-likeness (QED) is 0.639. The van der Waals surface area contributed by atoms with Gasteiger partial charge in [0.15, 0.2) is 0 Å². The van der Waals surface area contributed by atoms with Crippen molar-refractivity contribution in [1.29, 1.82) is 5.26 Å². The van der Waals surface area contributed by atoms with Crippen molar-refractivity contribution in [2.75, 3.05) is 0 Å². The molecule has 0 aromatic heterocycles. The summed E-state index contributed by atoms with van der Waals surface area (Å²) in [5, 5.41) is 8.80. The molecule has 0 radical (unpaired) electrons. The smallest absolute Gasteiger partial charge is 0.0947 e. The van der Waals surface area contributed by atoms with E-state index in [0.717, 1.165) is 24.0 Å². The maximum Gasteiger partial charge on any atom is 0.0947 e. The highest BCUT2D eigenvalue weighted by atomic mass is 14.2. The summed E-state index contributed by atoms with van der Waals surface area (Å²) in [7, 11) is 0. The van der Waals surface area contributed by atoms with Gasteiger partial charge in [0.2, 0.25) is 0 Å². The maximum absolute atomic E-state index is 8.80. The highest BCUT2D eigenvalue weighted by Crippen LogP contribution is 2.10. The molecular weight excluding hydrogens is 158 g/mol. The lowest BCUT2D eigenvalue weighted by Gasteiger charge is -1.95. The van der Waals surface area contributed by atoms with E-state index in [1.165, 1.54) is 0 Å². The molecule has 13 heavy (non-hydrogen) atoms. The third-order valence-electron chi connectivity index (χ3n) is 1.80. The zero-order valence-corrected chi connectivity index (χ0v) is 7.83. The second kappa shape index (κ2) is 5.16. The van der Waals surface area contributed by atoms with Crippen LogP contribution in [-0.4, -0.2) is 0 Å². The van der Waals surface area contributed by atoms with Crippen molar-refractivity contribution in [3.8, 4) is 6.07 Å². The zero-order valence-electron chi connectivity index (χ0n) is 7.83.